The Balaban J connectivity index is 1.89. The molecule has 0 atom stereocenters. The fraction of sp³-hybridized carbons (Fsp3) is 0.412. The number of aryl methyl sites for hydroxylation is 1. The highest BCUT2D eigenvalue weighted by Crippen LogP contribution is 2.32. The summed E-state index contributed by atoms with van der Waals surface area (Å²) in [5.74, 6) is 1.11. The zero-order chi connectivity index (χ0) is 16.4. The number of hydrogen-bond acceptors (Lipinski definition) is 4. The van der Waals surface area contributed by atoms with Crippen LogP contribution >= 0.6 is 0 Å². The molecule has 6 heteroatoms. The van der Waals surface area contributed by atoms with E-state index in [9.17, 15) is 4.79 Å². The zero-order valence-corrected chi connectivity index (χ0v) is 13.7. The lowest BCUT2D eigenvalue weighted by Gasteiger charge is -2.19. The standard InChI is InChI=1S/C17H21N3O3/c1-20(11-8-9-14(22-2)15(10-11)23-3)17(21)16-12-6-4-5-7-13(12)18-19-16/h8-10H,4-7H2,1-3H3,(H,18,19). The van der Waals surface area contributed by atoms with Crippen LogP contribution in [0.5, 0.6) is 11.5 Å². The van der Waals surface area contributed by atoms with Crippen LogP contribution in [0.15, 0.2) is 18.2 Å². The number of nitrogens with one attached hydrogen (secondary N) is 1. The van der Waals surface area contributed by atoms with Gasteiger partial charge in [0.15, 0.2) is 17.2 Å². The Labute approximate surface area is 135 Å². The monoisotopic (exact) mass is 315 g/mol. The molecule has 122 valence electrons. The van der Waals surface area contributed by atoms with E-state index < -0.39 is 0 Å². The Kier molecular flexibility index (Phi) is 4.23. The quantitative estimate of drug-likeness (QED) is 0.941. The third kappa shape index (κ3) is 2.76. The number of carbonyl (C=O) groups is 1. The summed E-state index contributed by atoms with van der Waals surface area (Å²) in [6.45, 7) is 0. The maximum atomic E-state index is 12.8. The second kappa shape index (κ2) is 6.32. The van der Waals surface area contributed by atoms with Crippen molar-refractivity contribution in [3.8, 4) is 11.5 Å². The number of H-pyrrole nitrogens is 1. The van der Waals surface area contributed by atoms with E-state index in [0.717, 1.165) is 42.6 Å². The molecule has 6 nitrogen and oxygen atoms in total. The van der Waals surface area contributed by atoms with Crippen molar-refractivity contribution in [2.24, 2.45) is 0 Å². The minimum absolute atomic E-state index is 0.114. The van der Waals surface area contributed by atoms with Gasteiger partial charge in [0.1, 0.15) is 0 Å². The highest BCUT2D eigenvalue weighted by Gasteiger charge is 2.25. The molecular weight excluding hydrogens is 294 g/mol. The normalized spacial score (nSPS) is 13.3. The van der Waals surface area contributed by atoms with E-state index in [4.69, 9.17) is 9.47 Å². The molecule has 1 aromatic heterocycles. The first-order valence-corrected chi connectivity index (χ1v) is 7.72. The topological polar surface area (TPSA) is 67.5 Å². The third-order valence-corrected chi connectivity index (χ3v) is 4.32. The molecule has 0 spiro atoms. The Morgan fingerprint density at radius 1 is 1.17 bits per heavy atom. The largest absolute Gasteiger partial charge is 0.493 e. The van der Waals surface area contributed by atoms with Gasteiger partial charge in [-0.3, -0.25) is 9.89 Å². The van der Waals surface area contributed by atoms with E-state index in [1.54, 1.807) is 38.3 Å². The Bertz CT molecular complexity index is 724. The van der Waals surface area contributed by atoms with Crippen LogP contribution in [-0.4, -0.2) is 37.4 Å². The third-order valence-electron chi connectivity index (χ3n) is 4.32. The molecule has 0 saturated heterocycles. The number of methoxy groups -OCH3 is 2. The van der Waals surface area contributed by atoms with Gasteiger partial charge in [0.2, 0.25) is 0 Å². The van der Waals surface area contributed by atoms with Crippen molar-refractivity contribution in [3.05, 3.63) is 35.2 Å². The number of aromatic nitrogens is 2. The smallest absolute Gasteiger partial charge is 0.278 e. The van der Waals surface area contributed by atoms with Crippen molar-refractivity contribution in [3.63, 3.8) is 0 Å². The molecule has 23 heavy (non-hydrogen) atoms. The van der Waals surface area contributed by atoms with Gasteiger partial charge >= 0.3 is 0 Å². The number of benzene rings is 1. The molecular formula is C17H21N3O3. The molecule has 1 aromatic carbocycles. The Hall–Kier alpha value is -2.50. The van der Waals surface area contributed by atoms with E-state index in [-0.39, 0.29) is 5.91 Å². The maximum absolute atomic E-state index is 12.8. The lowest BCUT2D eigenvalue weighted by atomic mass is 9.95. The van der Waals surface area contributed by atoms with Gasteiger partial charge in [-0.1, -0.05) is 0 Å². The van der Waals surface area contributed by atoms with Gasteiger partial charge in [-0.2, -0.15) is 5.10 Å². The minimum Gasteiger partial charge on any atom is -0.493 e. The number of ether oxygens (including phenoxy) is 2. The molecule has 1 N–H and O–H groups in total. The average molecular weight is 315 g/mol. The lowest BCUT2D eigenvalue weighted by Crippen LogP contribution is -2.27. The maximum Gasteiger partial charge on any atom is 0.278 e. The predicted molar refractivity (Wildman–Crippen MR) is 87.5 cm³/mol. The SMILES string of the molecule is COc1ccc(N(C)C(=O)c2n[nH]c3c2CCCC3)cc1OC. The van der Waals surface area contributed by atoms with Crippen LogP contribution in [0.2, 0.25) is 0 Å². The van der Waals surface area contributed by atoms with Crippen LogP contribution in [-0.2, 0) is 12.8 Å². The highest BCUT2D eigenvalue weighted by molar-refractivity contribution is 6.05. The summed E-state index contributed by atoms with van der Waals surface area (Å²) in [5.41, 5.74) is 3.42. The second-order valence-corrected chi connectivity index (χ2v) is 5.64. The molecule has 2 aromatic rings. The van der Waals surface area contributed by atoms with Crippen LogP contribution < -0.4 is 14.4 Å². The molecule has 0 bridgehead atoms. The molecule has 0 unspecified atom stereocenters. The molecule has 0 saturated carbocycles. The average Bonchev–Trinajstić information content (AvgIpc) is 3.03. The molecule has 1 aliphatic carbocycles. The highest BCUT2D eigenvalue weighted by atomic mass is 16.5. The van der Waals surface area contributed by atoms with Crippen LogP contribution in [0, 0.1) is 0 Å². The second-order valence-electron chi connectivity index (χ2n) is 5.64. The fourth-order valence-corrected chi connectivity index (χ4v) is 2.97. The summed E-state index contributed by atoms with van der Waals surface area (Å²) in [6.07, 6.45) is 4.13. The van der Waals surface area contributed by atoms with E-state index in [1.807, 2.05) is 6.07 Å². The number of anilines is 1. The lowest BCUT2D eigenvalue weighted by molar-refractivity contribution is 0.0987. The van der Waals surface area contributed by atoms with Gasteiger partial charge < -0.3 is 14.4 Å². The van der Waals surface area contributed by atoms with E-state index in [2.05, 4.69) is 10.2 Å². The summed E-state index contributed by atoms with van der Waals surface area (Å²) in [4.78, 5) is 14.4. The molecule has 0 aliphatic heterocycles. The first kappa shape index (κ1) is 15.4. The van der Waals surface area contributed by atoms with E-state index in [1.165, 1.54) is 0 Å². The van der Waals surface area contributed by atoms with Gasteiger partial charge in [0.05, 0.1) is 14.2 Å². The van der Waals surface area contributed by atoms with Gasteiger partial charge in [-0.05, 0) is 37.8 Å². The van der Waals surface area contributed by atoms with Gasteiger partial charge in [-0.25, -0.2) is 0 Å². The molecule has 3 rings (SSSR count). The van der Waals surface area contributed by atoms with E-state index in [0.29, 0.717) is 17.2 Å². The minimum atomic E-state index is -0.114. The number of aromatic amines is 1. The zero-order valence-electron chi connectivity index (χ0n) is 13.7. The van der Waals surface area contributed by atoms with Crippen molar-refractivity contribution in [1.29, 1.82) is 0 Å². The molecule has 1 aliphatic rings. The molecule has 0 fully saturated rings. The van der Waals surface area contributed by atoms with Gasteiger partial charge in [0.25, 0.3) is 5.91 Å². The number of carbonyl (C=O) groups excluding carboxylic acids is 1. The number of rotatable bonds is 4. The van der Waals surface area contributed by atoms with Crippen LogP contribution in [0.3, 0.4) is 0 Å². The van der Waals surface area contributed by atoms with Crippen molar-refractivity contribution in [2.75, 3.05) is 26.2 Å². The molecule has 1 heterocycles. The van der Waals surface area contributed by atoms with Gasteiger partial charge in [-0.15, -0.1) is 0 Å². The number of nitrogens with zero attached hydrogens (tertiary/aromatic N) is 2. The van der Waals surface area contributed by atoms with E-state index >= 15 is 0 Å². The molecule has 1 amide bonds. The first-order valence-electron chi connectivity index (χ1n) is 7.72. The van der Waals surface area contributed by atoms with Crippen LogP contribution in [0.25, 0.3) is 0 Å². The Morgan fingerprint density at radius 3 is 2.65 bits per heavy atom. The predicted octanol–water partition coefficient (Wildman–Crippen LogP) is 2.58. The summed E-state index contributed by atoms with van der Waals surface area (Å²) in [5, 5.41) is 7.26. The van der Waals surface area contributed by atoms with Crippen molar-refractivity contribution >= 4 is 11.6 Å². The number of fused-ring (bicyclic) bond motifs is 1. The first-order chi connectivity index (χ1) is 11.2. The van der Waals surface area contributed by atoms with Crippen molar-refractivity contribution in [2.45, 2.75) is 25.7 Å². The van der Waals surface area contributed by atoms with Gasteiger partial charge in [0, 0.05) is 30.1 Å². The summed E-state index contributed by atoms with van der Waals surface area (Å²) in [7, 11) is 4.91. The fourth-order valence-electron chi connectivity index (χ4n) is 2.97. The van der Waals surface area contributed by atoms with Crippen LogP contribution in [0.1, 0.15) is 34.6 Å². The number of hydrogen-bond donors (Lipinski definition) is 1. The summed E-state index contributed by atoms with van der Waals surface area (Å²) >= 11 is 0. The van der Waals surface area contributed by atoms with Crippen molar-refractivity contribution in [1.82, 2.24) is 10.2 Å². The molecule has 0 radical (unpaired) electrons. The summed E-state index contributed by atoms with van der Waals surface area (Å²) < 4.78 is 10.5. The number of amides is 1. The van der Waals surface area contributed by atoms with Crippen LogP contribution in [0.4, 0.5) is 5.69 Å². The van der Waals surface area contributed by atoms with Crippen molar-refractivity contribution < 1.29 is 14.3 Å². The Morgan fingerprint density at radius 2 is 1.91 bits per heavy atom. The summed E-state index contributed by atoms with van der Waals surface area (Å²) in [6, 6.07) is 5.41.